The van der Waals surface area contributed by atoms with Gasteiger partial charge in [0.15, 0.2) is 0 Å². The van der Waals surface area contributed by atoms with E-state index < -0.39 is 0 Å². The molecule has 0 unspecified atom stereocenters. The third-order valence-electron chi connectivity index (χ3n) is 6.09. The maximum atomic E-state index is 13.5. The molecule has 1 aliphatic rings. The number of hydrogen-bond donors (Lipinski definition) is 1. The Morgan fingerprint density at radius 2 is 1.64 bits per heavy atom. The third-order valence-corrected chi connectivity index (χ3v) is 6.97. The zero-order valence-corrected chi connectivity index (χ0v) is 19.2. The topological polar surface area (TPSA) is 49.4 Å². The van der Waals surface area contributed by atoms with E-state index in [4.69, 9.17) is 0 Å². The summed E-state index contributed by atoms with van der Waals surface area (Å²) in [6.45, 7) is 2.64. The van der Waals surface area contributed by atoms with Gasteiger partial charge in [0.2, 0.25) is 5.91 Å². The number of rotatable bonds is 4. The quantitative estimate of drug-likeness (QED) is 0.406. The Labute approximate surface area is 197 Å². The van der Waals surface area contributed by atoms with E-state index in [1.807, 2.05) is 53.6 Å². The van der Waals surface area contributed by atoms with Crippen LogP contribution in [0.25, 0.3) is 11.1 Å². The summed E-state index contributed by atoms with van der Waals surface area (Å²) in [6.07, 6.45) is 1.15. The number of nitrogens with zero attached hydrogens (tertiary/aromatic N) is 1. The minimum Gasteiger partial charge on any atom is -0.326 e. The van der Waals surface area contributed by atoms with E-state index in [0.29, 0.717) is 24.2 Å². The fraction of sp³-hybridized carbons (Fsp3) is 0.143. The van der Waals surface area contributed by atoms with Gasteiger partial charge in [-0.05, 0) is 71.8 Å². The number of fused-ring (bicyclic) bond motifs is 3. The van der Waals surface area contributed by atoms with E-state index in [1.165, 1.54) is 11.1 Å². The average Bonchev–Trinajstić information content (AvgIpc) is 3.15. The zero-order valence-electron chi connectivity index (χ0n) is 18.4. The first-order chi connectivity index (χ1) is 16.1. The van der Waals surface area contributed by atoms with Crippen molar-refractivity contribution < 1.29 is 9.59 Å². The Bertz CT molecular complexity index is 1320. The van der Waals surface area contributed by atoms with Crippen molar-refractivity contribution in [2.24, 2.45) is 0 Å². The molecule has 3 aromatic carbocycles. The minimum absolute atomic E-state index is 0.0398. The first-order valence-electron chi connectivity index (χ1n) is 11.0. The fourth-order valence-electron chi connectivity index (χ4n) is 4.33. The molecule has 2 amide bonds. The van der Waals surface area contributed by atoms with Gasteiger partial charge in [0.25, 0.3) is 5.91 Å². The fourth-order valence-corrected chi connectivity index (χ4v) is 5.05. The van der Waals surface area contributed by atoms with Gasteiger partial charge in [-0.1, -0.05) is 42.5 Å². The highest BCUT2D eigenvalue weighted by molar-refractivity contribution is 7.10. The first-order valence-corrected chi connectivity index (χ1v) is 11.9. The molecule has 1 N–H and O–H groups in total. The van der Waals surface area contributed by atoms with E-state index in [-0.39, 0.29) is 11.8 Å². The third kappa shape index (κ3) is 4.32. The normalized spacial score (nSPS) is 12.5. The lowest BCUT2D eigenvalue weighted by atomic mass is 9.98. The highest BCUT2D eigenvalue weighted by Gasteiger charge is 2.24. The molecule has 4 nitrogen and oxygen atoms in total. The first kappa shape index (κ1) is 21.2. The van der Waals surface area contributed by atoms with E-state index in [1.54, 1.807) is 35.6 Å². The lowest BCUT2D eigenvalue weighted by Gasteiger charge is -2.23. The average molecular weight is 453 g/mol. The molecule has 5 rings (SSSR count). The van der Waals surface area contributed by atoms with Crippen molar-refractivity contribution in [3.05, 3.63) is 106 Å². The lowest BCUT2D eigenvalue weighted by Crippen LogP contribution is -2.32. The predicted octanol–water partition coefficient (Wildman–Crippen LogP) is 6.11. The van der Waals surface area contributed by atoms with E-state index in [2.05, 4.69) is 23.5 Å². The monoisotopic (exact) mass is 452 g/mol. The summed E-state index contributed by atoms with van der Waals surface area (Å²) in [5, 5.41) is 4.93. The van der Waals surface area contributed by atoms with Crippen molar-refractivity contribution in [3.8, 4) is 11.1 Å². The highest BCUT2D eigenvalue weighted by atomic mass is 32.1. The minimum atomic E-state index is -0.0604. The molecule has 0 radical (unpaired) electrons. The van der Waals surface area contributed by atoms with Crippen molar-refractivity contribution in [2.75, 3.05) is 16.8 Å². The van der Waals surface area contributed by atoms with Crippen LogP contribution in [0.4, 0.5) is 11.4 Å². The van der Waals surface area contributed by atoms with Gasteiger partial charge in [0, 0.05) is 28.2 Å². The molecule has 4 aromatic rings. The maximum Gasteiger partial charge on any atom is 0.258 e. The number of para-hydroxylation sites is 1. The van der Waals surface area contributed by atoms with Crippen LogP contribution in [0.5, 0.6) is 0 Å². The predicted molar refractivity (Wildman–Crippen MR) is 135 cm³/mol. The van der Waals surface area contributed by atoms with Gasteiger partial charge in [-0.2, -0.15) is 0 Å². The molecule has 0 spiro atoms. The van der Waals surface area contributed by atoms with Gasteiger partial charge in [-0.15, -0.1) is 11.3 Å². The van der Waals surface area contributed by atoms with Crippen molar-refractivity contribution in [2.45, 2.75) is 19.8 Å². The summed E-state index contributed by atoms with van der Waals surface area (Å²) in [4.78, 5) is 28.9. The van der Waals surface area contributed by atoms with Gasteiger partial charge in [0.1, 0.15) is 0 Å². The molecule has 0 saturated heterocycles. The second-order valence-electron chi connectivity index (χ2n) is 8.19. The van der Waals surface area contributed by atoms with Crippen LogP contribution < -0.4 is 10.2 Å². The maximum absolute atomic E-state index is 13.5. The Hall–Kier alpha value is -3.70. The number of anilines is 2. The molecule has 0 fully saturated rings. The summed E-state index contributed by atoms with van der Waals surface area (Å²) in [5.74, 6) is -0.100. The van der Waals surface area contributed by atoms with Crippen molar-refractivity contribution in [1.29, 1.82) is 0 Å². The molecule has 1 aliphatic heterocycles. The van der Waals surface area contributed by atoms with Crippen LogP contribution >= 0.6 is 11.3 Å². The highest BCUT2D eigenvalue weighted by Crippen LogP contribution is 2.36. The van der Waals surface area contributed by atoms with Crippen LogP contribution in [-0.4, -0.2) is 18.4 Å². The van der Waals surface area contributed by atoms with Crippen LogP contribution in [0.2, 0.25) is 0 Å². The molecule has 164 valence electrons. The number of hydrogen-bond acceptors (Lipinski definition) is 3. The number of amides is 2. The molecule has 2 heterocycles. The van der Waals surface area contributed by atoms with Crippen LogP contribution in [0, 0.1) is 6.92 Å². The van der Waals surface area contributed by atoms with Crippen molar-refractivity contribution in [3.63, 3.8) is 0 Å². The van der Waals surface area contributed by atoms with Crippen LogP contribution in [0.3, 0.4) is 0 Å². The second-order valence-corrected chi connectivity index (χ2v) is 9.31. The number of carbonyl (C=O) groups is 2. The van der Waals surface area contributed by atoms with E-state index >= 15 is 0 Å². The van der Waals surface area contributed by atoms with E-state index in [9.17, 15) is 9.59 Å². The van der Waals surface area contributed by atoms with Gasteiger partial charge in [0.05, 0.1) is 12.1 Å². The Morgan fingerprint density at radius 3 is 2.39 bits per heavy atom. The molecule has 0 aliphatic carbocycles. The molecule has 0 saturated carbocycles. The van der Waals surface area contributed by atoms with Crippen LogP contribution in [-0.2, 0) is 17.6 Å². The molecule has 0 bridgehead atoms. The van der Waals surface area contributed by atoms with Crippen LogP contribution in [0.1, 0.15) is 26.4 Å². The smallest absolute Gasteiger partial charge is 0.258 e. The summed E-state index contributed by atoms with van der Waals surface area (Å²) < 4.78 is 0. The Kier molecular flexibility index (Phi) is 5.80. The molecule has 33 heavy (non-hydrogen) atoms. The van der Waals surface area contributed by atoms with Gasteiger partial charge >= 0.3 is 0 Å². The van der Waals surface area contributed by atoms with Gasteiger partial charge < -0.3 is 10.2 Å². The molecule has 5 heteroatoms. The standard InChI is InChI=1S/C28H24N2O2S/c1-19-22(15-17-33-19)18-27(31)29-23-12-10-21(11-13-23)28(32)30-16-14-20-6-2-3-7-24(20)25-8-4-5-9-26(25)30/h2-13,15,17H,14,16,18H2,1H3,(H,29,31). The summed E-state index contributed by atoms with van der Waals surface area (Å²) in [6, 6.07) is 25.6. The Morgan fingerprint density at radius 1 is 0.909 bits per heavy atom. The zero-order chi connectivity index (χ0) is 22.8. The SMILES string of the molecule is Cc1sccc1CC(=O)Nc1ccc(C(=O)N2CCc3ccccc3-c3ccccc32)cc1. The van der Waals surface area contributed by atoms with Crippen molar-refractivity contribution in [1.82, 2.24) is 0 Å². The van der Waals surface area contributed by atoms with E-state index in [0.717, 1.165) is 28.1 Å². The number of thiophene rings is 1. The van der Waals surface area contributed by atoms with Gasteiger partial charge in [-0.3, -0.25) is 9.59 Å². The second kappa shape index (κ2) is 9.04. The summed E-state index contributed by atoms with van der Waals surface area (Å²) in [7, 11) is 0. The molecular formula is C28H24N2O2S. The number of benzene rings is 3. The summed E-state index contributed by atoms with van der Waals surface area (Å²) >= 11 is 1.64. The van der Waals surface area contributed by atoms with Crippen molar-refractivity contribution >= 4 is 34.5 Å². The van der Waals surface area contributed by atoms with Gasteiger partial charge in [-0.25, -0.2) is 0 Å². The Balaban J connectivity index is 1.35. The number of carbonyl (C=O) groups excluding carboxylic acids is 2. The summed E-state index contributed by atoms with van der Waals surface area (Å²) in [5.41, 5.74) is 6.77. The van der Waals surface area contributed by atoms with Crippen LogP contribution in [0.15, 0.2) is 84.2 Å². The lowest BCUT2D eigenvalue weighted by molar-refractivity contribution is -0.115. The molecule has 1 aromatic heterocycles. The molecule has 0 atom stereocenters. The molecular weight excluding hydrogens is 428 g/mol. The largest absolute Gasteiger partial charge is 0.326 e. The number of aryl methyl sites for hydroxylation is 1. The number of nitrogens with one attached hydrogen (secondary N) is 1.